The quantitative estimate of drug-likeness (QED) is 0.919. The van der Waals surface area contributed by atoms with Crippen LogP contribution in [-0.4, -0.2) is 12.0 Å². The van der Waals surface area contributed by atoms with Gasteiger partial charge in [0.25, 0.3) is 0 Å². The lowest BCUT2D eigenvalue weighted by Gasteiger charge is -2.08. The van der Waals surface area contributed by atoms with Crippen molar-refractivity contribution < 1.29 is 13.2 Å². The summed E-state index contributed by atoms with van der Waals surface area (Å²) >= 11 is 0. The molecular formula is C14H13F3N2. The van der Waals surface area contributed by atoms with Crippen LogP contribution in [0.1, 0.15) is 11.3 Å². The number of halogens is 3. The molecular weight excluding hydrogens is 253 g/mol. The number of hydrogen-bond donors (Lipinski definition) is 1. The predicted molar refractivity (Wildman–Crippen MR) is 67.4 cm³/mol. The molecule has 0 fully saturated rings. The molecule has 1 aromatic carbocycles. The summed E-state index contributed by atoms with van der Waals surface area (Å²) in [5.41, 5.74) is 1.81. The van der Waals surface area contributed by atoms with Gasteiger partial charge in [-0.1, -0.05) is 12.1 Å². The van der Waals surface area contributed by atoms with E-state index in [4.69, 9.17) is 0 Å². The molecule has 2 nitrogen and oxygen atoms in total. The molecule has 0 atom stereocenters. The predicted octanol–water partition coefficient (Wildman–Crippen LogP) is 3.49. The van der Waals surface area contributed by atoms with Crippen LogP contribution in [0.2, 0.25) is 0 Å². The molecule has 0 saturated carbocycles. The molecule has 0 bridgehead atoms. The van der Waals surface area contributed by atoms with Crippen molar-refractivity contribution in [1.82, 2.24) is 10.3 Å². The Bertz CT molecular complexity index is 547. The van der Waals surface area contributed by atoms with Gasteiger partial charge >= 0.3 is 6.18 Å². The second-order valence-electron chi connectivity index (χ2n) is 4.14. The average Bonchev–Trinajstić information content (AvgIpc) is 2.39. The van der Waals surface area contributed by atoms with E-state index in [0.29, 0.717) is 6.54 Å². The molecule has 0 unspecified atom stereocenters. The molecule has 100 valence electrons. The van der Waals surface area contributed by atoms with Crippen molar-refractivity contribution in [3.63, 3.8) is 0 Å². The zero-order valence-corrected chi connectivity index (χ0v) is 10.3. The highest BCUT2D eigenvalue weighted by Gasteiger charge is 2.29. The van der Waals surface area contributed by atoms with Crippen LogP contribution >= 0.6 is 0 Å². The maximum absolute atomic E-state index is 12.5. The fraction of sp³-hybridized carbons (Fsp3) is 0.214. The van der Waals surface area contributed by atoms with Gasteiger partial charge in [-0.15, -0.1) is 0 Å². The number of nitrogens with zero attached hydrogens (tertiary/aromatic N) is 1. The summed E-state index contributed by atoms with van der Waals surface area (Å²) in [4.78, 5) is 4.17. The Morgan fingerprint density at radius 1 is 1.05 bits per heavy atom. The molecule has 0 amide bonds. The normalized spacial score (nSPS) is 11.6. The first-order valence-electron chi connectivity index (χ1n) is 5.78. The molecule has 2 aromatic rings. The van der Waals surface area contributed by atoms with Crippen molar-refractivity contribution in [2.45, 2.75) is 12.7 Å². The molecule has 0 spiro atoms. The molecule has 0 aliphatic rings. The van der Waals surface area contributed by atoms with E-state index in [0.717, 1.165) is 29.0 Å². The van der Waals surface area contributed by atoms with Crippen LogP contribution in [0, 0.1) is 0 Å². The number of benzene rings is 1. The third-order valence-corrected chi connectivity index (χ3v) is 2.72. The molecule has 0 radical (unpaired) electrons. The average molecular weight is 266 g/mol. The van der Waals surface area contributed by atoms with Gasteiger partial charge in [0.2, 0.25) is 0 Å². The van der Waals surface area contributed by atoms with Crippen LogP contribution in [0.5, 0.6) is 0 Å². The van der Waals surface area contributed by atoms with Gasteiger partial charge in [-0.2, -0.15) is 13.2 Å². The Balaban J connectivity index is 2.29. The summed E-state index contributed by atoms with van der Waals surface area (Å²) in [6.45, 7) is 0.620. The molecule has 0 aliphatic carbocycles. The molecule has 19 heavy (non-hydrogen) atoms. The topological polar surface area (TPSA) is 24.9 Å². The highest BCUT2D eigenvalue weighted by atomic mass is 19.4. The van der Waals surface area contributed by atoms with Gasteiger partial charge < -0.3 is 5.32 Å². The number of rotatable bonds is 3. The zero-order chi connectivity index (χ0) is 13.9. The Morgan fingerprint density at radius 2 is 1.74 bits per heavy atom. The number of aromatic nitrogens is 1. The molecule has 1 heterocycles. The maximum atomic E-state index is 12.5. The van der Waals surface area contributed by atoms with Crippen molar-refractivity contribution in [3.05, 3.63) is 53.9 Å². The zero-order valence-electron chi connectivity index (χ0n) is 10.3. The Hall–Kier alpha value is -1.88. The van der Waals surface area contributed by atoms with Crippen molar-refractivity contribution in [2.75, 3.05) is 7.05 Å². The van der Waals surface area contributed by atoms with E-state index in [-0.39, 0.29) is 0 Å². The lowest BCUT2D eigenvalue weighted by Crippen LogP contribution is -2.06. The third kappa shape index (κ3) is 3.32. The van der Waals surface area contributed by atoms with Gasteiger partial charge in [-0.3, -0.25) is 4.98 Å². The van der Waals surface area contributed by atoms with Crippen LogP contribution in [0.4, 0.5) is 13.2 Å². The summed E-state index contributed by atoms with van der Waals surface area (Å²) in [6, 6.07) is 8.77. The van der Waals surface area contributed by atoms with E-state index < -0.39 is 11.7 Å². The first-order chi connectivity index (χ1) is 9.00. The van der Waals surface area contributed by atoms with Gasteiger partial charge in [0.15, 0.2) is 0 Å². The first kappa shape index (κ1) is 13.5. The van der Waals surface area contributed by atoms with Crippen molar-refractivity contribution in [2.24, 2.45) is 0 Å². The van der Waals surface area contributed by atoms with E-state index in [1.54, 1.807) is 12.3 Å². The van der Waals surface area contributed by atoms with Gasteiger partial charge in [0, 0.05) is 12.7 Å². The van der Waals surface area contributed by atoms with Gasteiger partial charge in [0.1, 0.15) is 0 Å². The first-order valence-corrected chi connectivity index (χ1v) is 5.78. The second kappa shape index (κ2) is 5.40. The minimum Gasteiger partial charge on any atom is -0.314 e. The molecule has 5 heteroatoms. The lowest BCUT2D eigenvalue weighted by atomic mass is 10.0. The Labute approximate surface area is 109 Å². The van der Waals surface area contributed by atoms with Crippen LogP contribution < -0.4 is 5.32 Å². The molecule has 2 rings (SSSR count). The summed E-state index contributed by atoms with van der Waals surface area (Å²) < 4.78 is 37.4. The number of pyridine rings is 1. The van der Waals surface area contributed by atoms with Crippen molar-refractivity contribution in [3.8, 4) is 11.1 Å². The fourth-order valence-corrected chi connectivity index (χ4v) is 1.79. The number of hydrogen-bond acceptors (Lipinski definition) is 2. The largest absolute Gasteiger partial charge is 0.416 e. The van der Waals surface area contributed by atoms with E-state index >= 15 is 0 Å². The van der Waals surface area contributed by atoms with Gasteiger partial charge in [0.05, 0.1) is 11.3 Å². The number of nitrogens with one attached hydrogen (secondary N) is 1. The van der Waals surface area contributed by atoms with Crippen LogP contribution in [-0.2, 0) is 12.7 Å². The third-order valence-electron chi connectivity index (χ3n) is 2.72. The van der Waals surface area contributed by atoms with Gasteiger partial charge in [-0.05, 0) is 42.4 Å². The molecule has 0 saturated heterocycles. The Kier molecular flexibility index (Phi) is 3.85. The second-order valence-corrected chi connectivity index (χ2v) is 4.14. The van der Waals surface area contributed by atoms with E-state index in [1.165, 1.54) is 12.1 Å². The maximum Gasteiger partial charge on any atom is 0.416 e. The minimum absolute atomic E-state index is 0.620. The summed E-state index contributed by atoms with van der Waals surface area (Å²) in [5, 5.41) is 2.98. The van der Waals surface area contributed by atoms with Crippen LogP contribution in [0.3, 0.4) is 0 Å². The van der Waals surface area contributed by atoms with Gasteiger partial charge in [-0.25, -0.2) is 0 Å². The molecule has 1 N–H and O–H groups in total. The van der Waals surface area contributed by atoms with Crippen molar-refractivity contribution >= 4 is 0 Å². The SMILES string of the molecule is CNCc1cc(-c2ccc(C(F)(F)F)cc2)ccn1. The number of alkyl halides is 3. The lowest BCUT2D eigenvalue weighted by molar-refractivity contribution is -0.137. The fourth-order valence-electron chi connectivity index (χ4n) is 1.79. The monoisotopic (exact) mass is 266 g/mol. The smallest absolute Gasteiger partial charge is 0.314 e. The summed E-state index contributed by atoms with van der Waals surface area (Å²) in [5.74, 6) is 0. The van der Waals surface area contributed by atoms with Crippen molar-refractivity contribution in [1.29, 1.82) is 0 Å². The van der Waals surface area contributed by atoms with Crippen LogP contribution in [0.15, 0.2) is 42.6 Å². The standard InChI is InChI=1S/C14H13F3N2/c1-18-9-13-8-11(6-7-19-13)10-2-4-12(5-3-10)14(15,16)17/h2-8,18H,9H2,1H3. The van der Waals surface area contributed by atoms with E-state index in [2.05, 4.69) is 10.3 Å². The van der Waals surface area contributed by atoms with Crippen LogP contribution in [0.25, 0.3) is 11.1 Å². The van der Waals surface area contributed by atoms with E-state index in [1.807, 2.05) is 13.1 Å². The Morgan fingerprint density at radius 3 is 2.32 bits per heavy atom. The minimum atomic E-state index is -4.30. The highest BCUT2D eigenvalue weighted by Crippen LogP contribution is 2.30. The molecule has 1 aromatic heterocycles. The molecule has 0 aliphatic heterocycles. The van der Waals surface area contributed by atoms with E-state index in [9.17, 15) is 13.2 Å². The summed E-state index contributed by atoms with van der Waals surface area (Å²) in [6.07, 6.45) is -2.65. The highest BCUT2D eigenvalue weighted by molar-refractivity contribution is 5.63. The summed E-state index contributed by atoms with van der Waals surface area (Å²) in [7, 11) is 1.81.